The second kappa shape index (κ2) is 11.8. The minimum Gasteiger partial charge on any atom is -0.496 e. The zero-order valence-electron chi connectivity index (χ0n) is 18.8. The second-order valence-corrected chi connectivity index (χ2v) is 7.33. The normalized spacial score (nSPS) is 10.5. The van der Waals surface area contributed by atoms with E-state index in [1.165, 1.54) is 0 Å². The maximum absolute atomic E-state index is 12.2. The fourth-order valence-corrected chi connectivity index (χ4v) is 3.22. The molecule has 0 heterocycles. The van der Waals surface area contributed by atoms with Gasteiger partial charge in [0.05, 0.1) is 13.7 Å². The molecule has 3 aromatic rings. The Morgan fingerprint density at radius 2 is 1.66 bits per heavy atom. The second-order valence-electron chi connectivity index (χ2n) is 7.33. The maximum Gasteiger partial charge on any atom is 0.262 e. The first-order chi connectivity index (χ1) is 15.6. The lowest BCUT2D eigenvalue weighted by molar-refractivity contribution is -0.118. The predicted molar refractivity (Wildman–Crippen MR) is 126 cm³/mol. The Morgan fingerprint density at radius 1 is 0.875 bits per heavy atom. The molecule has 0 aliphatic heterocycles. The third-order valence-corrected chi connectivity index (χ3v) is 4.84. The van der Waals surface area contributed by atoms with Crippen molar-refractivity contribution in [3.63, 3.8) is 0 Å². The van der Waals surface area contributed by atoms with Crippen LogP contribution in [-0.4, -0.2) is 26.2 Å². The smallest absolute Gasteiger partial charge is 0.262 e. The van der Waals surface area contributed by atoms with Crippen LogP contribution < -0.4 is 24.8 Å². The highest BCUT2D eigenvalue weighted by Gasteiger charge is 2.10. The van der Waals surface area contributed by atoms with E-state index in [9.17, 15) is 4.79 Å². The molecular weight excluding hydrogens is 404 g/mol. The number of hydrogen-bond donors (Lipinski definition) is 2. The molecule has 0 radical (unpaired) electrons. The van der Waals surface area contributed by atoms with Gasteiger partial charge in [0, 0.05) is 24.3 Å². The van der Waals surface area contributed by atoms with Crippen LogP contribution in [0.2, 0.25) is 0 Å². The Labute approximate surface area is 189 Å². The van der Waals surface area contributed by atoms with Crippen molar-refractivity contribution in [3.8, 4) is 17.2 Å². The summed E-state index contributed by atoms with van der Waals surface area (Å²) >= 11 is 0. The van der Waals surface area contributed by atoms with E-state index in [1.54, 1.807) is 7.11 Å². The topological polar surface area (TPSA) is 68.8 Å². The van der Waals surface area contributed by atoms with Gasteiger partial charge >= 0.3 is 0 Å². The number of rotatable bonds is 11. The summed E-state index contributed by atoms with van der Waals surface area (Å²) in [6, 6.07) is 21.3. The number of carbonyl (C=O) groups is 1. The van der Waals surface area contributed by atoms with Crippen molar-refractivity contribution < 1.29 is 19.0 Å². The number of benzene rings is 3. The lowest BCUT2D eigenvalue weighted by Gasteiger charge is -2.14. The number of anilines is 1. The summed E-state index contributed by atoms with van der Waals surface area (Å²) in [4.78, 5) is 12.2. The Hall–Kier alpha value is -3.51. The Balaban J connectivity index is 1.56. The van der Waals surface area contributed by atoms with Gasteiger partial charge in [-0.15, -0.1) is 0 Å². The Kier molecular flexibility index (Phi) is 8.52. The van der Waals surface area contributed by atoms with E-state index in [0.717, 1.165) is 28.1 Å². The molecule has 0 aliphatic carbocycles. The van der Waals surface area contributed by atoms with E-state index in [-0.39, 0.29) is 12.5 Å². The largest absolute Gasteiger partial charge is 0.496 e. The van der Waals surface area contributed by atoms with Crippen LogP contribution in [0.5, 0.6) is 17.2 Å². The minimum atomic E-state index is -0.223. The van der Waals surface area contributed by atoms with Crippen molar-refractivity contribution >= 4 is 11.6 Å². The standard InChI is InChI=1S/C26H30N2O4/c1-4-31-25-15-20(16-27-17-21-7-5-6-8-23(21)30-3)11-14-24(25)32-18-26(29)28-22-12-9-19(2)10-13-22/h5-15,27H,4,16-18H2,1-3H3,(H,28,29). The quantitative estimate of drug-likeness (QED) is 0.457. The third-order valence-electron chi connectivity index (χ3n) is 4.84. The average molecular weight is 435 g/mol. The van der Waals surface area contributed by atoms with E-state index >= 15 is 0 Å². The van der Waals surface area contributed by atoms with E-state index in [0.29, 0.717) is 31.2 Å². The van der Waals surface area contributed by atoms with Crippen molar-refractivity contribution in [2.45, 2.75) is 26.9 Å². The molecule has 2 N–H and O–H groups in total. The highest BCUT2D eigenvalue weighted by atomic mass is 16.5. The minimum absolute atomic E-state index is 0.0979. The van der Waals surface area contributed by atoms with Crippen molar-refractivity contribution in [2.75, 3.05) is 25.6 Å². The highest BCUT2D eigenvalue weighted by Crippen LogP contribution is 2.29. The van der Waals surface area contributed by atoms with Crippen LogP contribution in [0, 0.1) is 6.92 Å². The molecule has 32 heavy (non-hydrogen) atoms. The number of hydrogen-bond acceptors (Lipinski definition) is 5. The molecule has 0 saturated carbocycles. The van der Waals surface area contributed by atoms with Crippen LogP contribution in [0.4, 0.5) is 5.69 Å². The van der Waals surface area contributed by atoms with Gasteiger partial charge in [-0.05, 0) is 49.7 Å². The first-order valence-electron chi connectivity index (χ1n) is 10.7. The molecule has 0 aliphatic rings. The predicted octanol–water partition coefficient (Wildman–Crippen LogP) is 4.71. The van der Waals surface area contributed by atoms with E-state index in [4.69, 9.17) is 14.2 Å². The summed E-state index contributed by atoms with van der Waals surface area (Å²) in [7, 11) is 1.67. The molecule has 6 nitrogen and oxygen atoms in total. The number of para-hydroxylation sites is 1. The summed E-state index contributed by atoms with van der Waals surface area (Å²) in [6.45, 7) is 5.67. The summed E-state index contributed by atoms with van der Waals surface area (Å²) < 4.78 is 16.9. The maximum atomic E-state index is 12.2. The van der Waals surface area contributed by atoms with Crippen LogP contribution in [0.1, 0.15) is 23.6 Å². The third kappa shape index (κ3) is 6.75. The molecular formula is C26H30N2O4. The molecule has 0 unspecified atom stereocenters. The number of amides is 1. The summed E-state index contributed by atoms with van der Waals surface area (Å²) in [5.41, 5.74) is 4.03. The first kappa shape index (κ1) is 23.2. The van der Waals surface area contributed by atoms with Crippen LogP contribution >= 0.6 is 0 Å². The molecule has 0 spiro atoms. The number of ether oxygens (including phenoxy) is 3. The molecule has 6 heteroatoms. The Bertz CT molecular complexity index is 1020. The van der Waals surface area contributed by atoms with Crippen LogP contribution in [0.25, 0.3) is 0 Å². The molecule has 0 fully saturated rings. The van der Waals surface area contributed by atoms with Crippen molar-refractivity contribution in [1.29, 1.82) is 0 Å². The molecule has 0 aromatic heterocycles. The van der Waals surface area contributed by atoms with Crippen molar-refractivity contribution in [3.05, 3.63) is 83.4 Å². The number of methoxy groups -OCH3 is 1. The summed E-state index contributed by atoms with van der Waals surface area (Å²) in [6.07, 6.45) is 0. The summed E-state index contributed by atoms with van der Waals surface area (Å²) in [5, 5.41) is 6.25. The van der Waals surface area contributed by atoms with Gasteiger partial charge in [0.1, 0.15) is 5.75 Å². The number of nitrogens with one attached hydrogen (secondary N) is 2. The van der Waals surface area contributed by atoms with Gasteiger partial charge in [-0.1, -0.05) is 42.0 Å². The van der Waals surface area contributed by atoms with Gasteiger partial charge in [0.25, 0.3) is 5.91 Å². The lowest BCUT2D eigenvalue weighted by Crippen LogP contribution is -2.20. The van der Waals surface area contributed by atoms with E-state index in [2.05, 4.69) is 10.6 Å². The molecule has 0 atom stereocenters. The Morgan fingerprint density at radius 3 is 2.41 bits per heavy atom. The number of carbonyl (C=O) groups excluding carboxylic acids is 1. The fraction of sp³-hybridized carbons (Fsp3) is 0.269. The lowest BCUT2D eigenvalue weighted by atomic mass is 10.1. The van der Waals surface area contributed by atoms with Gasteiger partial charge < -0.3 is 24.8 Å². The van der Waals surface area contributed by atoms with Crippen LogP contribution in [0.15, 0.2) is 66.7 Å². The highest BCUT2D eigenvalue weighted by molar-refractivity contribution is 5.91. The first-order valence-corrected chi connectivity index (χ1v) is 10.7. The van der Waals surface area contributed by atoms with E-state index in [1.807, 2.05) is 80.6 Å². The molecule has 3 rings (SSSR count). The van der Waals surface area contributed by atoms with Crippen molar-refractivity contribution in [1.82, 2.24) is 5.32 Å². The van der Waals surface area contributed by atoms with E-state index < -0.39 is 0 Å². The average Bonchev–Trinajstić information content (AvgIpc) is 2.80. The van der Waals surface area contributed by atoms with Gasteiger partial charge in [0.2, 0.25) is 0 Å². The van der Waals surface area contributed by atoms with Gasteiger partial charge in [-0.25, -0.2) is 0 Å². The van der Waals surface area contributed by atoms with Crippen LogP contribution in [-0.2, 0) is 17.9 Å². The molecule has 3 aromatic carbocycles. The van der Waals surface area contributed by atoms with Gasteiger partial charge in [0.15, 0.2) is 18.1 Å². The SMILES string of the molecule is CCOc1cc(CNCc2ccccc2OC)ccc1OCC(=O)Nc1ccc(C)cc1. The van der Waals surface area contributed by atoms with Gasteiger partial charge in [-0.2, -0.15) is 0 Å². The number of aryl methyl sites for hydroxylation is 1. The molecule has 168 valence electrons. The van der Waals surface area contributed by atoms with Gasteiger partial charge in [-0.3, -0.25) is 4.79 Å². The zero-order chi connectivity index (χ0) is 22.8. The molecule has 1 amide bonds. The molecule has 0 bridgehead atoms. The van der Waals surface area contributed by atoms with Crippen LogP contribution in [0.3, 0.4) is 0 Å². The zero-order valence-corrected chi connectivity index (χ0v) is 18.8. The molecule has 0 saturated heterocycles. The van der Waals surface area contributed by atoms with Crippen molar-refractivity contribution in [2.24, 2.45) is 0 Å². The fourth-order valence-electron chi connectivity index (χ4n) is 3.22. The summed E-state index contributed by atoms with van der Waals surface area (Å²) in [5.74, 6) is 1.80. The monoisotopic (exact) mass is 434 g/mol.